The zero-order valence-electron chi connectivity index (χ0n) is 3.75. The van der Waals surface area contributed by atoms with Gasteiger partial charge in [-0.25, -0.2) is 0 Å². The lowest BCUT2D eigenvalue weighted by Crippen LogP contribution is -2.16. The van der Waals surface area contributed by atoms with Crippen molar-refractivity contribution < 1.29 is 34.8 Å². The highest BCUT2D eigenvalue weighted by Gasteiger charge is 2.00. The molecule has 0 aliphatic carbocycles. The molecule has 0 aromatic carbocycles. The molecule has 0 aromatic rings. The van der Waals surface area contributed by atoms with Crippen LogP contribution in [0, 0.1) is 0 Å². The van der Waals surface area contributed by atoms with Gasteiger partial charge in [0.05, 0.1) is 0 Å². The molecule has 8 radical (unpaired) electrons. The first kappa shape index (κ1) is 16.3. The third-order valence-electron chi connectivity index (χ3n) is 0.133. The van der Waals surface area contributed by atoms with Crippen molar-refractivity contribution in [3.8, 4) is 0 Å². The second-order valence-electron chi connectivity index (χ2n) is 0.529. The molecule has 0 saturated heterocycles. The van der Waals surface area contributed by atoms with Crippen LogP contribution < -0.4 is 19.6 Å². The maximum atomic E-state index is 9.24. The van der Waals surface area contributed by atoms with Crippen molar-refractivity contribution in [1.29, 1.82) is 0 Å². The molecule has 0 spiro atoms. The van der Waals surface area contributed by atoms with Gasteiger partial charge in [0.25, 0.3) is 0 Å². The highest BCUT2D eigenvalue weighted by molar-refractivity contribution is 7.50. The molecule has 52 valence electrons. The molecule has 0 bridgehead atoms. The van der Waals surface area contributed by atoms with E-state index in [9.17, 15) is 19.6 Å². The summed E-state index contributed by atoms with van der Waals surface area (Å²) in [6.45, 7) is 0. The van der Waals surface area contributed by atoms with Gasteiger partial charge in [-0.2, -0.15) is 17.2 Å². The van der Waals surface area contributed by atoms with E-state index in [1.807, 2.05) is 0 Å². The van der Waals surface area contributed by atoms with Crippen LogP contribution in [0.5, 0.6) is 0 Å². The van der Waals surface area contributed by atoms with Crippen LogP contribution in [0.2, 0.25) is 0 Å². The average molecular weight is 174 g/mol. The zero-order chi connectivity index (χ0) is 5.86. The molecule has 9 heavy (non-hydrogen) atoms. The Morgan fingerprint density at radius 1 is 0.778 bits per heavy atom. The summed E-state index contributed by atoms with van der Waals surface area (Å²) in [6.07, 6.45) is 0. The van der Waals surface area contributed by atoms with Crippen molar-refractivity contribution in [2.75, 3.05) is 0 Å². The fourth-order valence-corrected chi connectivity index (χ4v) is 0.490. The van der Waals surface area contributed by atoms with Gasteiger partial charge in [-0.15, -0.1) is 0 Å². The Morgan fingerprint density at radius 2 is 1.00 bits per heavy atom. The Balaban J connectivity index is -0.000000180. The third kappa shape index (κ3) is 17.7. The normalized spacial score (nSPS) is 8.67. The quantitative estimate of drug-likeness (QED) is 0.399. The molecule has 0 N–H and O–H groups in total. The monoisotopic (exact) mass is 174 g/mol. The predicted octanol–water partition coefficient (Wildman–Crippen LogP) is -3.34. The summed E-state index contributed by atoms with van der Waals surface area (Å²) in [5.74, 6) is 0. The van der Waals surface area contributed by atoms with E-state index in [1.54, 1.807) is 0 Å². The molecule has 9 heteroatoms. The highest BCUT2D eigenvalue weighted by Crippen LogP contribution is 2.29. The second kappa shape index (κ2) is 8.58. The van der Waals surface area contributed by atoms with Crippen molar-refractivity contribution in [2.24, 2.45) is 0 Å². The Labute approximate surface area is 53.1 Å². The molecule has 0 fully saturated rings. The van der Waals surface area contributed by atoms with Crippen molar-refractivity contribution in [2.45, 2.75) is 0 Å². The van der Waals surface area contributed by atoms with E-state index in [1.165, 1.54) is 0 Å². The van der Waals surface area contributed by atoms with Crippen LogP contribution in [0.4, 0.5) is 0 Å². The van der Waals surface area contributed by atoms with Gasteiger partial charge in [0, 0.05) is 0 Å². The first-order valence-corrected chi connectivity index (χ1v) is 3.29. The lowest BCUT2D eigenvalue weighted by atomic mass is 15.7. The Kier molecular flexibility index (Phi) is 15.5. The standard InChI is InChI=1S/O5P2.2O/c1-6(2)5-7(3)4;;/q-4;2*+2. The van der Waals surface area contributed by atoms with E-state index in [2.05, 4.69) is 4.31 Å². The summed E-state index contributed by atoms with van der Waals surface area (Å²) in [5.41, 5.74) is 0. The van der Waals surface area contributed by atoms with Crippen molar-refractivity contribution in [3.63, 3.8) is 0 Å². The minimum absolute atomic E-state index is 0. The van der Waals surface area contributed by atoms with Gasteiger partial charge in [0.2, 0.25) is 0 Å². The first-order chi connectivity index (χ1) is 3.13. The molecule has 0 saturated carbocycles. The summed E-state index contributed by atoms with van der Waals surface area (Å²) >= 11 is 0. The van der Waals surface area contributed by atoms with Crippen LogP contribution in [-0.2, 0) is 15.3 Å². The van der Waals surface area contributed by atoms with E-state index in [-0.39, 0.29) is 11.0 Å². The fraction of sp³-hybridized carbons (Fsp3) is 0. The molecule has 0 atom stereocenters. The molecule has 0 aliphatic rings. The maximum Gasteiger partial charge on any atom is 2.00 e. The third-order valence-corrected chi connectivity index (χ3v) is 1.20. The SMILES string of the molecule is [O+2].[O+2].[O-]P([O-])OP([O-])[O-]. The van der Waals surface area contributed by atoms with Crippen LogP contribution in [0.1, 0.15) is 0 Å². The maximum absolute atomic E-state index is 9.24. The van der Waals surface area contributed by atoms with Crippen LogP contribution >= 0.6 is 17.2 Å². The Morgan fingerprint density at radius 3 is 1.00 bits per heavy atom. The van der Waals surface area contributed by atoms with Crippen LogP contribution in [0.3, 0.4) is 0 Å². The summed E-state index contributed by atoms with van der Waals surface area (Å²) in [4.78, 5) is 37.0. The summed E-state index contributed by atoms with van der Waals surface area (Å²) in [5, 5.41) is 0. The molecule has 0 aliphatic heterocycles. The average Bonchev–Trinajstić information content (AvgIpc) is 1.27. The second-order valence-corrected chi connectivity index (χ2v) is 2.08. The minimum atomic E-state index is -3.24. The smallest absolute Gasteiger partial charge is 0.820 e. The number of hydrogen-bond donors (Lipinski definition) is 0. The molecule has 0 aromatic heterocycles. The van der Waals surface area contributed by atoms with Crippen molar-refractivity contribution in [3.05, 3.63) is 0 Å². The van der Waals surface area contributed by atoms with Gasteiger partial charge in [-0.05, 0) is 0 Å². The minimum Gasteiger partial charge on any atom is -0.820 e. The van der Waals surface area contributed by atoms with Crippen molar-refractivity contribution in [1.82, 2.24) is 0 Å². The molecule has 0 rings (SSSR count). The molecule has 0 unspecified atom stereocenters. The van der Waals surface area contributed by atoms with Gasteiger partial charge in [0.15, 0.2) is 0 Å². The Hall–Kier alpha value is 0.580. The highest BCUT2D eigenvalue weighted by atomic mass is 31.2. The molecular formula is O7P2. The fourth-order valence-electron chi connectivity index (χ4n) is 0.0544. The predicted molar refractivity (Wildman–Crippen MR) is 16.3 cm³/mol. The van der Waals surface area contributed by atoms with Crippen LogP contribution in [0.25, 0.3) is 0 Å². The molecule has 0 amide bonds. The summed E-state index contributed by atoms with van der Waals surface area (Å²) in [6, 6.07) is 0. The Bertz CT molecular complexity index is 36.2. The summed E-state index contributed by atoms with van der Waals surface area (Å²) in [7, 11) is -6.47. The van der Waals surface area contributed by atoms with Crippen molar-refractivity contribution >= 4 is 17.2 Å². The van der Waals surface area contributed by atoms with E-state index in [4.69, 9.17) is 0 Å². The lowest BCUT2D eigenvalue weighted by Gasteiger charge is -2.41. The van der Waals surface area contributed by atoms with Gasteiger partial charge in [0.1, 0.15) is 0 Å². The summed E-state index contributed by atoms with van der Waals surface area (Å²) < 4.78 is 3.16. The topological polar surface area (TPSA) is 158 Å². The number of hydrogen-bond acceptors (Lipinski definition) is 5. The number of rotatable bonds is 2. The van der Waals surface area contributed by atoms with Gasteiger partial charge >= 0.3 is 11.0 Å². The zero-order valence-corrected chi connectivity index (χ0v) is 5.54. The van der Waals surface area contributed by atoms with Crippen LogP contribution in [0.15, 0.2) is 0 Å². The van der Waals surface area contributed by atoms with Gasteiger partial charge in [-0.1, -0.05) is 0 Å². The first-order valence-electron chi connectivity index (χ1n) is 1.10. The van der Waals surface area contributed by atoms with E-state index >= 15 is 0 Å². The largest absolute Gasteiger partial charge is 2.00 e. The lowest BCUT2D eigenvalue weighted by molar-refractivity contribution is -0.338. The van der Waals surface area contributed by atoms with E-state index in [0.717, 1.165) is 0 Å². The van der Waals surface area contributed by atoms with Gasteiger partial charge in [-0.3, -0.25) is 0 Å². The van der Waals surface area contributed by atoms with Gasteiger partial charge < -0.3 is 23.9 Å². The molecule has 7 nitrogen and oxygen atoms in total. The molecular weight excluding hydrogens is 174 g/mol. The molecule has 0 heterocycles. The van der Waals surface area contributed by atoms with E-state index < -0.39 is 17.2 Å². The van der Waals surface area contributed by atoms with Crippen LogP contribution in [-0.4, -0.2) is 0 Å². The van der Waals surface area contributed by atoms with E-state index in [0.29, 0.717) is 0 Å².